The van der Waals surface area contributed by atoms with Crippen molar-refractivity contribution in [2.24, 2.45) is 5.92 Å². The summed E-state index contributed by atoms with van der Waals surface area (Å²) in [6.07, 6.45) is 5.43. The monoisotopic (exact) mass is 343 g/mol. The third-order valence-corrected chi connectivity index (χ3v) is 5.19. The molecular weight excluding hydrogens is 314 g/mol. The van der Waals surface area contributed by atoms with Crippen LogP contribution in [-0.2, 0) is 9.59 Å². The number of benzene rings is 1. The summed E-state index contributed by atoms with van der Waals surface area (Å²) in [6, 6.07) is 7.83. The SMILES string of the molecule is Cc1cccc(NC(=O)CN2CCCC(C(=O)N3CCCCC3)C2)c1. The highest BCUT2D eigenvalue weighted by atomic mass is 16.2. The molecule has 2 heterocycles. The highest BCUT2D eigenvalue weighted by molar-refractivity contribution is 5.92. The zero-order valence-corrected chi connectivity index (χ0v) is 15.2. The number of hydrogen-bond acceptors (Lipinski definition) is 3. The normalized spacial score (nSPS) is 21.8. The largest absolute Gasteiger partial charge is 0.342 e. The predicted molar refractivity (Wildman–Crippen MR) is 99.4 cm³/mol. The van der Waals surface area contributed by atoms with E-state index in [9.17, 15) is 9.59 Å². The van der Waals surface area contributed by atoms with Crippen LogP contribution >= 0.6 is 0 Å². The molecule has 25 heavy (non-hydrogen) atoms. The molecule has 0 spiro atoms. The summed E-state index contributed by atoms with van der Waals surface area (Å²) in [5, 5.41) is 2.96. The molecule has 1 atom stereocenters. The lowest BCUT2D eigenvalue weighted by atomic mass is 9.95. The van der Waals surface area contributed by atoms with Gasteiger partial charge in [-0.25, -0.2) is 0 Å². The fraction of sp³-hybridized carbons (Fsp3) is 0.600. The van der Waals surface area contributed by atoms with Gasteiger partial charge in [0.25, 0.3) is 0 Å². The minimum Gasteiger partial charge on any atom is -0.342 e. The Morgan fingerprint density at radius 1 is 1.12 bits per heavy atom. The number of carbonyl (C=O) groups excluding carboxylic acids is 2. The van der Waals surface area contributed by atoms with Gasteiger partial charge in [0.05, 0.1) is 12.5 Å². The molecule has 1 N–H and O–H groups in total. The first-order valence-electron chi connectivity index (χ1n) is 9.49. The molecule has 0 aliphatic carbocycles. The molecular formula is C20H29N3O2. The van der Waals surface area contributed by atoms with E-state index in [1.807, 2.05) is 36.1 Å². The van der Waals surface area contributed by atoms with Crippen molar-refractivity contribution in [1.29, 1.82) is 0 Å². The Morgan fingerprint density at radius 3 is 2.68 bits per heavy atom. The van der Waals surface area contributed by atoms with Crippen LogP contribution in [0.1, 0.15) is 37.7 Å². The smallest absolute Gasteiger partial charge is 0.238 e. The molecule has 5 nitrogen and oxygen atoms in total. The molecule has 2 aliphatic rings. The lowest BCUT2D eigenvalue weighted by molar-refractivity contribution is -0.138. The topological polar surface area (TPSA) is 52.7 Å². The van der Waals surface area contributed by atoms with Crippen LogP contribution < -0.4 is 5.32 Å². The van der Waals surface area contributed by atoms with E-state index in [2.05, 4.69) is 10.2 Å². The third kappa shape index (κ3) is 5.05. The molecule has 2 amide bonds. The van der Waals surface area contributed by atoms with E-state index in [-0.39, 0.29) is 11.8 Å². The summed E-state index contributed by atoms with van der Waals surface area (Å²) in [5.41, 5.74) is 1.96. The number of hydrogen-bond donors (Lipinski definition) is 1. The standard InChI is InChI=1S/C20H29N3O2/c1-16-7-5-9-18(13-16)21-19(24)15-22-10-6-8-17(14-22)20(25)23-11-3-2-4-12-23/h5,7,9,13,17H,2-4,6,8,10-12,14-15H2,1H3,(H,21,24). The van der Waals surface area contributed by atoms with Crippen molar-refractivity contribution in [1.82, 2.24) is 9.80 Å². The number of nitrogens with one attached hydrogen (secondary N) is 1. The highest BCUT2D eigenvalue weighted by Gasteiger charge is 2.30. The van der Waals surface area contributed by atoms with Crippen LogP contribution in [0.3, 0.4) is 0 Å². The van der Waals surface area contributed by atoms with Crippen molar-refractivity contribution in [3.8, 4) is 0 Å². The Morgan fingerprint density at radius 2 is 1.92 bits per heavy atom. The maximum Gasteiger partial charge on any atom is 0.238 e. The number of carbonyl (C=O) groups is 2. The Labute approximate surface area is 150 Å². The van der Waals surface area contributed by atoms with Crippen molar-refractivity contribution < 1.29 is 9.59 Å². The summed E-state index contributed by atoms with van der Waals surface area (Å²) in [4.78, 5) is 29.2. The first-order valence-corrected chi connectivity index (χ1v) is 9.49. The van der Waals surface area contributed by atoms with Crippen LogP contribution in [0, 0.1) is 12.8 Å². The highest BCUT2D eigenvalue weighted by Crippen LogP contribution is 2.21. The number of rotatable bonds is 4. The van der Waals surface area contributed by atoms with E-state index >= 15 is 0 Å². The maximum absolute atomic E-state index is 12.7. The van der Waals surface area contributed by atoms with Crippen LogP contribution in [0.4, 0.5) is 5.69 Å². The molecule has 136 valence electrons. The fourth-order valence-electron chi connectivity index (χ4n) is 3.90. The summed E-state index contributed by atoms with van der Waals surface area (Å²) in [6.45, 7) is 5.78. The van der Waals surface area contributed by atoms with Crippen molar-refractivity contribution in [2.45, 2.75) is 39.0 Å². The van der Waals surface area contributed by atoms with Gasteiger partial charge in [0.1, 0.15) is 0 Å². The lowest BCUT2D eigenvalue weighted by Crippen LogP contribution is -2.47. The second kappa shape index (κ2) is 8.48. The van der Waals surface area contributed by atoms with Gasteiger partial charge in [-0.1, -0.05) is 12.1 Å². The van der Waals surface area contributed by atoms with Gasteiger partial charge in [-0.3, -0.25) is 14.5 Å². The average molecular weight is 343 g/mol. The maximum atomic E-state index is 12.7. The molecule has 2 aliphatic heterocycles. The fourth-order valence-corrected chi connectivity index (χ4v) is 3.90. The van der Waals surface area contributed by atoms with Crippen molar-refractivity contribution >= 4 is 17.5 Å². The number of amides is 2. The summed E-state index contributed by atoms with van der Waals surface area (Å²) >= 11 is 0. The molecule has 0 radical (unpaired) electrons. The minimum absolute atomic E-state index is 0.00308. The summed E-state index contributed by atoms with van der Waals surface area (Å²) < 4.78 is 0. The van der Waals surface area contributed by atoms with Crippen LogP contribution in [0.2, 0.25) is 0 Å². The zero-order chi connectivity index (χ0) is 17.6. The number of nitrogens with zero attached hydrogens (tertiary/aromatic N) is 2. The van der Waals surface area contributed by atoms with Gasteiger partial charge in [0.2, 0.25) is 11.8 Å². The quantitative estimate of drug-likeness (QED) is 0.914. The van der Waals surface area contributed by atoms with Crippen LogP contribution in [0.25, 0.3) is 0 Å². The molecule has 2 saturated heterocycles. The van der Waals surface area contributed by atoms with Gasteiger partial charge < -0.3 is 10.2 Å². The third-order valence-electron chi connectivity index (χ3n) is 5.19. The van der Waals surface area contributed by atoms with E-state index < -0.39 is 0 Å². The summed E-state index contributed by atoms with van der Waals surface area (Å²) in [7, 11) is 0. The molecule has 3 rings (SSSR count). The van der Waals surface area contributed by atoms with Gasteiger partial charge in [-0.15, -0.1) is 0 Å². The van der Waals surface area contributed by atoms with Crippen molar-refractivity contribution in [3.05, 3.63) is 29.8 Å². The molecule has 1 aromatic carbocycles. The second-order valence-electron chi connectivity index (χ2n) is 7.38. The average Bonchev–Trinajstić information content (AvgIpc) is 2.62. The van der Waals surface area contributed by atoms with E-state index in [1.165, 1.54) is 6.42 Å². The number of anilines is 1. The Kier molecular flexibility index (Phi) is 6.08. The van der Waals surface area contributed by atoms with Crippen molar-refractivity contribution in [3.63, 3.8) is 0 Å². The Balaban J connectivity index is 1.50. The van der Waals surface area contributed by atoms with E-state index in [0.717, 1.165) is 56.6 Å². The van der Waals surface area contributed by atoms with Gasteiger partial charge >= 0.3 is 0 Å². The Hall–Kier alpha value is -1.88. The molecule has 1 aromatic rings. The zero-order valence-electron chi connectivity index (χ0n) is 15.2. The van der Waals surface area contributed by atoms with Crippen molar-refractivity contribution in [2.75, 3.05) is 38.0 Å². The van der Waals surface area contributed by atoms with E-state index in [4.69, 9.17) is 0 Å². The summed E-state index contributed by atoms with van der Waals surface area (Å²) in [5.74, 6) is 0.346. The first kappa shape index (κ1) is 17.9. The first-order chi connectivity index (χ1) is 12.1. The molecule has 0 aromatic heterocycles. The second-order valence-corrected chi connectivity index (χ2v) is 7.38. The number of piperidine rings is 2. The molecule has 5 heteroatoms. The molecule has 2 fully saturated rings. The van der Waals surface area contributed by atoms with Crippen LogP contribution in [-0.4, -0.2) is 54.3 Å². The number of likely N-dealkylation sites (tertiary alicyclic amines) is 2. The van der Waals surface area contributed by atoms with Gasteiger partial charge in [0, 0.05) is 25.3 Å². The lowest BCUT2D eigenvalue weighted by Gasteiger charge is -2.36. The van der Waals surface area contributed by atoms with Crippen LogP contribution in [0.5, 0.6) is 0 Å². The molecule has 0 bridgehead atoms. The Bertz CT molecular complexity index is 611. The van der Waals surface area contributed by atoms with Gasteiger partial charge in [0.15, 0.2) is 0 Å². The molecule has 0 saturated carbocycles. The minimum atomic E-state index is -0.00308. The van der Waals surface area contributed by atoms with Gasteiger partial charge in [-0.2, -0.15) is 0 Å². The van der Waals surface area contributed by atoms with E-state index in [1.54, 1.807) is 0 Å². The molecule has 1 unspecified atom stereocenters. The predicted octanol–water partition coefficient (Wildman–Crippen LogP) is 2.66. The van der Waals surface area contributed by atoms with E-state index in [0.29, 0.717) is 19.0 Å². The number of aryl methyl sites for hydroxylation is 1. The van der Waals surface area contributed by atoms with Crippen LogP contribution in [0.15, 0.2) is 24.3 Å². The van der Waals surface area contributed by atoms with Gasteiger partial charge in [-0.05, 0) is 63.3 Å².